The van der Waals surface area contributed by atoms with Gasteiger partial charge >= 0.3 is 0 Å². The number of thioether (sulfide) groups is 1. The van der Waals surface area contributed by atoms with Gasteiger partial charge in [-0.1, -0.05) is 13.3 Å². The summed E-state index contributed by atoms with van der Waals surface area (Å²) in [6, 6.07) is 2.30. The average Bonchev–Trinajstić information content (AvgIpc) is 2.97. The van der Waals surface area contributed by atoms with Crippen molar-refractivity contribution in [2.75, 3.05) is 11.5 Å². The van der Waals surface area contributed by atoms with Crippen LogP contribution in [-0.2, 0) is 0 Å². The van der Waals surface area contributed by atoms with E-state index in [1.807, 2.05) is 22.5 Å². The van der Waals surface area contributed by atoms with Gasteiger partial charge in [-0.15, -0.1) is 0 Å². The van der Waals surface area contributed by atoms with Crippen LogP contribution < -0.4 is 11.1 Å². The number of nitrogens with one attached hydrogen (secondary N) is 1. The number of nitrogen functional groups attached to an aromatic ring is 1. The predicted octanol–water partition coefficient (Wildman–Crippen LogP) is 3.06. The first-order valence-electron chi connectivity index (χ1n) is 7.42. The lowest BCUT2D eigenvalue weighted by Crippen LogP contribution is -2.39. The number of carbonyl (C=O) groups excluding carboxylic acids is 1. The lowest BCUT2D eigenvalue weighted by atomic mass is 10.2. The van der Waals surface area contributed by atoms with Crippen molar-refractivity contribution in [1.82, 2.24) is 9.88 Å². The molecule has 1 aromatic heterocycles. The molecule has 0 aliphatic heterocycles. The maximum Gasteiger partial charge on any atom is 0.268 e. The number of amides is 1. The quantitative estimate of drug-likeness (QED) is 0.877. The number of nitrogens with two attached hydrogens (primary N) is 1. The summed E-state index contributed by atoms with van der Waals surface area (Å²) in [5.74, 6) is 1.11. The van der Waals surface area contributed by atoms with Crippen LogP contribution in [0.25, 0.3) is 0 Å². The van der Waals surface area contributed by atoms with Crippen LogP contribution in [-0.4, -0.2) is 27.5 Å². The number of rotatable bonds is 5. The van der Waals surface area contributed by atoms with Crippen LogP contribution in [0, 0.1) is 0 Å². The second kappa shape index (κ2) is 6.57. The molecule has 1 saturated carbocycles. The van der Waals surface area contributed by atoms with E-state index in [-0.39, 0.29) is 11.9 Å². The number of hydrogen-bond donors (Lipinski definition) is 2. The minimum atomic E-state index is 0.00371. The zero-order valence-electron chi connectivity index (χ0n) is 12.6. The Hall–Kier alpha value is -1.10. The van der Waals surface area contributed by atoms with Crippen molar-refractivity contribution in [3.63, 3.8) is 0 Å². The molecule has 1 aliphatic rings. The summed E-state index contributed by atoms with van der Waals surface area (Å²) in [5, 5.41) is 3.76. The summed E-state index contributed by atoms with van der Waals surface area (Å²) in [4.78, 5) is 12.5. The third kappa shape index (κ3) is 3.32. The fourth-order valence-corrected chi connectivity index (χ4v) is 4.05. The molecule has 0 spiro atoms. The molecule has 112 valence electrons. The average molecular weight is 295 g/mol. The number of hydrogen-bond acceptors (Lipinski definition) is 3. The molecule has 0 saturated heterocycles. The largest absolute Gasteiger partial charge is 0.397 e. The van der Waals surface area contributed by atoms with Gasteiger partial charge < -0.3 is 15.6 Å². The highest BCUT2D eigenvalue weighted by molar-refractivity contribution is 7.99. The van der Waals surface area contributed by atoms with Gasteiger partial charge in [0.05, 0.1) is 5.69 Å². The molecule has 0 aromatic carbocycles. The summed E-state index contributed by atoms with van der Waals surface area (Å²) in [5.41, 5.74) is 7.15. The Balaban J connectivity index is 2.08. The van der Waals surface area contributed by atoms with Gasteiger partial charge in [0.1, 0.15) is 5.69 Å². The third-order valence-electron chi connectivity index (χ3n) is 3.81. The molecule has 0 bridgehead atoms. The van der Waals surface area contributed by atoms with E-state index in [9.17, 15) is 4.79 Å². The minimum absolute atomic E-state index is 0.00371. The standard InChI is InChI=1S/C15H25N3OS/c1-4-20-14-7-5-6-12(14)17-15(19)13-8-11(16)9-18(13)10(2)3/h8-10,12,14H,4-7,16H2,1-3H3,(H,17,19). The highest BCUT2D eigenvalue weighted by Crippen LogP contribution is 2.30. The zero-order chi connectivity index (χ0) is 14.7. The Labute approximate surface area is 125 Å². The first-order chi connectivity index (χ1) is 9.52. The second-order valence-corrected chi connectivity index (χ2v) is 7.18. The fourth-order valence-electron chi connectivity index (χ4n) is 2.86. The van der Waals surface area contributed by atoms with Gasteiger partial charge in [-0.05, 0) is 38.5 Å². The van der Waals surface area contributed by atoms with Crippen molar-refractivity contribution in [2.45, 2.75) is 57.4 Å². The SMILES string of the molecule is CCSC1CCCC1NC(=O)c1cc(N)cn1C(C)C. The van der Waals surface area contributed by atoms with Crippen LogP contribution in [0.5, 0.6) is 0 Å². The Kier molecular flexibility index (Phi) is 5.02. The molecule has 1 aromatic rings. The molecule has 20 heavy (non-hydrogen) atoms. The first-order valence-corrected chi connectivity index (χ1v) is 8.47. The van der Waals surface area contributed by atoms with E-state index in [2.05, 4.69) is 26.1 Å². The van der Waals surface area contributed by atoms with E-state index >= 15 is 0 Å². The number of carbonyl (C=O) groups is 1. The Morgan fingerprint density at radius 3 is 2.95 bits per heavy atom. The molecular weight excluding hydrogens is 270 g/mol. The van der Waals surface area contributed by atoms with Crippen molar-refractivity contribution in [3.05, 3.63) is 18.0 Å². The lowest BCUT2D eigenvalue weighted by Gasteiger charge is -2.21. The molecule has 0 radical (unpaired) electrons. The van der Waals surface area contributed by atoms with E-state index in [1.165, 1.54) is 12.8 Å². The van der Waals surface area contributed by atoms with E-state index in [0.717, 1.165) is 12.2 Å². The van der Waals surface area contributed by atoms with Crippen LogP contribution >= 0.6 is 11.8 Å². The smallest absolute Gasteiger partial charge is 0.268 e. The molecule has 1 fully saturated rings. The molecule has 5 heteroatoms. The number of nitrogens with zero attached hydrogens (tertiary/aromatic N) is 1. The normalized spacial score (nSPS) is 22.4. The number of aromatic nitrogens is 1. The van der Waals surface area contributed by atoms with Crippen molar-refractivity contribution >= 4 is 23.4 Å². The van der Waals surface area contributed by atoms with E-state index in [0.29, 0.717) is 22.7 Å². The van der Waals surface area contributed by atoms with Gasteiger partial charge in [0.15, 0.2) is 0 Å². The van der Waals surface area contributed by atoms with Crippen LogP contribution in [0.1, 0.15) is 56.6 Å². The third-order valence-corrected chi connectivity index (χ3v) is 5.13. The summed E-state index contributed by atoms with van der Waals surface area (Å²) in [6.07, 6.45) is 5.33. The highest BCUT2D eigenvalue weighted by atomic mass is 32.2. The Morgan fingerprint density at radius 1 is 1.55 bits per heavy atom. The summed E-state index contributed by atoms with van der Waals surface area (Å²) >= 11 is 1.95. The van der Waals surface area contributed by atoms with Crippen molar-refractivity contribution < 1.29 is 4.79 Å². The Morgan fingerprint density at radius 2 is 2.30 bits per heavy atom. The lowest BCUT2D eigenvalue weighted by molar-refractivity contribution is 0.0928. The van der Waals surface area contributed by atoms with E-state index in [4.69, 9.17) is 5.73 Å². The second-order valence-electron chi connectivity index (χ2n) is 5.66. The van der Waals surface area contributed by atoms with Crippen molar-refractivity contribution in [1.29, 1.82) is 0 Å². The van der Waals surface area contributed by atoms with Gasteiger partial charge in [-0.25, -0.2) is 0 Å². The zero-order valence-corrected chi connectivity index (χ0v) is 13.4. The first kappa shape index (κ1) is 15.3. The molecular formula is C15H25N3OS. The molecule has 2 rings (SSSR count). The molecule has 1 amide bonds. The van der Waals surface area contributed by atoms with Crippen LogP contribution in [0.2, 0.25) is 0 Å². The topological polar surface area (TPSA) is 60.1 Å². The van der Waals surface area contributed by atoms with E-state index < -0.39 is 0 Å². The van der Waals surface area contributed by atoms with E-state index in [1.54, 1.807) is 6.07 Å². The maximum absolute atomic E-state index is 12.5. The van der Waals surface area contributed by atoms with Crippen LogP contribution in [0.15, 0.2) is 12.3 Å². The Bertz CT molecular complexity index is 470. The molecule has 4 nitrogen and oxygen atoms in total. The summed E-state index contributed by atoms with van der Waals surface area (Å²) in [7, 11) is 0. The van der Waals surface area contributed by atoms with Gasteiger partial charge in [-0.3, -0.25) is 4.79 Å². The maximum atomic E-state index is 12.5. The minimum Gasteiger partial charge on any atom is -0.397 e. The van der Waals surface area contributed by atoms with Gasteiger partial charge in [0.25, 0.3) is 5.91 Å². The molecule has 1 aliphatic carbocycles. The van der Waals surface area contributed by atoms with Crippen molar-refractivity contribution in [2.24, 2.45) is 0 Å². The molecule has 3 N–H and O–H groups in total. The fraction of sp³-hybridized carbons (Fsp3) is 0.667. The van der Waals surface area contributed by atoms with Gasteiger partial charge in [0, 0.05) is 23.5 Å². The van der Waals surface area contributed by atoms with Crippen LogP contribution in [0.3, 0.4) is 0 Å². The highest BCUT2D eigenvalue weighted by Gasteiger charge is 2.29. The van der Waals surface area contributed by atoms with Crippen molar-refractivity contribution in [3.8, 4) is 0 Å². The van der Waals surface area contributed by atoms with Gasteiger partial charge in [0.2, 0.25) is 0 Å². The van der Waals surface area contributed by atoms with Crippen LogP contribution in [0.4, 0.5) is 5.69 Å². The number of anilines is 1. The summed E-state index contributed by atoms with van der Waals surface area (Å²) < 4.78 is 1.95. The summed E-state index contributed by atoms with van der Waals surface area (Å²) in [6.45, 7) is 6.29. The molecule has 2 atom stereocenters. The van der Waals surface area contributed by atoms with Gasteiger partial charge in [-0.2, -0.15) is 11.8 Å². The predicted molar refractivity (Wildman–Crippen MR) is 86.3 cm³/mol. The molecule has 2 unspecified atom stereocenters. The molecule has 1 heterocycles. The monoisotopic (exact) mass is 295 g/mol.